The van der Waals surface area contributed by atoms with Crippen molar-refractivity contribution in [3.8, 4) is 23.8 Å². The van der Waals surface area contributed by atoms with E-state index in [9.17, 15) is 4.79 Å². The third-order valence-corrected chi connectivity index (χ3v) is 2.83. The van der Waals surface area contributed by atoms with Crippen LogP contribution in [0.15, 0.2) is 12.1 Å². The van der Waals surface area contributed by atoms with E-state index in [1.54, 1.807) is 13.0 Å². The Morgan fingerprint density at radius 2 is 2.18 bits per heavy atom. The molecule has 7 heteroatoms. The molecule has 1 unspecified atom stereocenters. The highest BCUT2D eigenvalue weighted by Crippen LogP contribution is 2.38. The smallest absolute Gasteiger partial charge is 0.412 e. The van der Waals surface area contributed by atoms with E-state index in [-0.39, 0.29) is 6.61 Å². The number of carbonyl (C=O) groups excluding carboxylic acids is 1. The van der Waals surface area contributed by atoms with Crippen LogP contribution < -0.4 is 14.8 Å². The van der Waals surface area contributed by atoms with Gasteiger partial charge in [0, 0.05) is 11.8 Å². The molecule has 0 aliphatic rings. The Hall–Kier alpha value is -1.77. The molecule has 0 spiro atoms. The Morgan fingerprint density at radius 1 is 1.45 bits per heavy atom. The van der Waals surface area contributed by atoms with Crippen LogP contribution in [-0.2, 0) is 4.74 Å². The molecular weight excluding hydrogens is 329 g/mol. The van der Waals surface area contributed by atoms with Crippen LogP contribution in [0.4, 0.5) is 10.5 Å². The van der Waals surface area contributed by atoms with Gasteiger partial charge in [0.25, 0.3) is 0 Å². The van der Waals surface area contributed by atoms with Crippen molar-refractivity contribution in [2.45, 2.75) is 20.0 Å². The van der Waals surface area contributed by atoms with Crippen LogP contribution in [0.2, 0.25) is 5.02 Å². The van der Waals surface area contributed by atoms with Gasteiger partial charge in [-0.15, -0.1) is 18.0 Å². The Balaban J connectivity index is 2.94. The largest absolute Gasteiger partial charge is 0.488 e. The molecule has 0 bridgehead atoms. The first-order chi connectivity index (χ1) is 10.5. The second kappa shape index (κ2) is 9.29. The van der Waals surface area contributed by atoms with Gasteiger partial charge in [-0.25, -0.2) is 4.79 Å². The molecule has 1 rings (SSSR count). The number of benzene rings is 1. The molecule has 0 radical (unpaired) electrons. The summed E-state index contributed by atoms with van der Waals surface area (Å²) in [4.78, 5) is 11.7. The van der Waals surface area contributed by atoms with Crippen molar-refractivity contribution in [1.29, 1.82) is 0 Å². The Kier molecular flexibility index (Phi) is 7.72. The summed E-state index contributed by atoms with van der Waals surface area (Å²) in [5.41, 5.74) is 0.396. The van der Waals surface area contributed by atoms with E-state index in [0.29, 0.717) is 34.7 Å². The molecule has 0 saturated heterocycles. The molecule has 0 heterocycles. The fourth-order valence-corrected chi connectivity index (χ4v) is 1.86. The SMILES string of the molecule is C#CC(C)OC(=O)Nc1cc(Cl)c(OCC)c(OCCCl)c1. The number of halogens is 2. The summed E-state index contributed by atoms with van der Waals surface area (Å²) < 4.78 is 15.8. The maximum atomic E-state index is 11.7. The van der Waals surface area contributed by atoms with Crippen molar-refractivity contribution in [3.63, 3.8) is 0 Å². The van der Waals surface area contributed by atoms with Gasteiger partial charge >= 0.3 is 6.09 Å². The molecule has 0 saturated carbocycles. The molecule has 1 aromatic carbocycles. The van der Waals surface area contributed by atoms with E-state index < -0.39 is 12.2 Å². The molecule has 1 aromatic rings. The van der Waals surface area contributed by atoms with Crippen molar-refractivity contribution in [2.75, 3.05) is 24.4 Å². The number of terminal acetylenes is 1. The standard InChI is InChI=1S/C15H17Cl2NO4/c1-4-10(3)22-15(19)18-11-8-12(17)14(20-5-2)13(9-11)21-7-6-16/h1,8-10H,5-7H2,2-3H3,(H,18,19). The van der Waals surface area contributed by atoms with Gasteiger partial charge in [-0.3, -0.25) is 5.32 Å². The second-order valence-electron chi connectivity index (χ2n) is 4.09. The zero-order valence-corrected chi connectivity index (χ0v) is 13.8. The molecule has 5 nitrogen and oxygen atoms in total. The zero-order valence-electron chi connectivity index (χ0n) is 12.3. The van der Waals surface area contributed by atoms with Gasteiger partial charge in [-0.05, 0) is 19.9 Å². The van der Waals surface area contributed by atoms with Crippen LogP contribution >= 0.6 is 23.2 Å². The quantitative estimate of drug-likeness (QED) is 0.600. The number of carbonyl (C=O) groups is 1. The predicted octanol–water partition coefficient (Wildman–Crippen LogP) is 3.93. The van der Waals surface area contributed by atoms with Crippen LogP contribution in [-0.4, -0.2) is 31.3 Å². The summed E-state index contributed by atoms with van der Waals surface area (Å²) in [5, 5.41) is 2.82. The maximum Gasteiger partial charge on any atom is 0.412 e. The number of hydrogen-bond donors (Lipinski definition) is 1. The number of amides is 1. The first-order valence-corrected chi connectivity index (χ1v) is 7.51. The zero-order chi connectivity index (χ0) is 16.5. The maximum absolute atomic E-state index is 11.7. The lowest BCUT2D eigenvalue weighted by Gasteiger charge is -2.15. The number of hydrogen-bond acceptors (Lipinski definition) is 4. The number of nitrogens with one attached hydrogen (secondary N) is 1. The molecule has 0 fully saturated rings. The highest BCUT2D eigenvalue weighted by molar-refractivity contribution is 6.32. The van der Waals surface area contributed by atoms with E-state index in [1.165, 1.54) is 6.07 Å². The van der Waals surface area contributed by atoms with E-state index >= 15 is 0 Å². The van der Waals surface area contributed by atoms with Crippen molar-refractivity contribution < 1.29 is 19.0 Å². The average Bonchev–Trinajstić information content (AvgIpc) is 2.47. The van der Waals surface area contributed by atoms with Crippen molar-refractivity contribution >= 4 is 35.0 Å². The topological polar surface area (TPSA) is 56.8 Å². The molecule has 0 aliphatic heterocycles. The van der Waals surface area contributed by atoms with Crippen molar-refractivity contribution in [2.24, 2.45) is 0 Å². The summed E-state index contributed by atoms with van der Waals surface area (Å²) in [7, 11) is 0. The van der Waals surface area contributed by atoms with E-state index in [0.717, 1.165) is 0 Å². The van der Waals surface area contributed by atoms with Gasteiger partial charge < -0.3 is 14.2 Å². The third kappa shape index (κ3) is 5.55. The fourth-order valence-electron chi connectivity index (χ4n) is 1.52. The lowest BCUT2D eigenvalue weighted by molar-refractivity contribution is 0.145. The van der Waals surface area contributed by atoms with E-state index in [1.807, 2.05) is 6.92 Å². The minimum absolute atomic E-state index is 0.278. The highest BCUT2D eigenvalue weighted by Gasteiger charge is 2.15. The number of alkyl halides is 1. The van der Waals surface area contributed by atoms with Crippen LogP contribution in [0.3, 0.4) is 0 Å². The number of ether oxygens (including phenoxy) is 3. The molecule has 0 aliphatic carbocycles. The molecule has 22 heavy (non-hydrogen) atoms. The van der Waals surface area contributed by atoms with E-state index in [4.69, 9.17) is 43.8 Å². The highest BCUT2D eigenvalue weighted by atomic mass is 35.5. The molecule has 120 valence electrons. The van der Waals surface area contributed by atoms with Crippen molar-refractivity contribution in [1.82, 2.24) is 0 Å². The fraction of sp³-hybridized carbons (Fsp3) is 0.400. The first-order valence-electron chi connectivity index (χ1n) is 6.60. The Labute approximate surface area is 139 Å². The predicted molar refractivity (Wildman–Crippen MR) is 87.2 cm³/mol. The first kappa shape index (κ1) is 18.3. The van der Waals surface area contributed by atoms with Gasteiger partial charge in [0.15, 0.2) is 17.6 Å². The minimum Gasteiger partial charge on any atom is -0.488 e. The number of anilines is 1. The Bertz CT molecular complexity index is 557. The van der Waals surface area contributed by atoms with Gasteiger partial charge in [-0.2, -0.15) is 0 Å². The summed E-state index contributed by atoms with van der Waals surface area (Å²) in [6, 6.07) is 3.10. The summed E-state index contributed by atoms with van der Waals surface area (Å²) in [5.74, 6) is 3.38. The monoisotopic (exact) mass is 345 g/mol. The van der Waals surface area contributed by atoms with Gasteiger partial charge in [-0.1, -0.05) is 17.5 Å². The summed E-state index contributed by atoms with van der Waals surface area (Å²) in [6.45, 7) is 4.11. The van der Waals surface area contributed by atoms with Gasteiger partial charge in [0.2, 0.25) is 0 Å². The number of rotatable bonds is 7. The lowest BCUT2D eigenvalue weighted by atomic mass is 10.2. The summed E-state index contributed by atoms with van der Waals surface area (Å²) in [6.07, 6.45) is 3.82. The van der Waals surface area contributed by atoms with Crippen LogP contribution in [0.1, 0.15) is 13.8 Å². The van der Waals surface area contributed by atoms with E-state index in [2.05, 4.69) is 11.2 Å². The third-order valence-electron chi connectivity index (χ3n) is 2.40. The molecule has 1 amide bonds. The average molecular weight is 346 g/mol. The second-order valence-corrected chi connectivity index (χ2v) is 4.88. The molecule has 1 atom stereocenters. The lowest BCUT2D eigenvalue weighted by Crippen LogP contribution is -2.19. The Morgan fingerprint density at radius 3 is 2.77 bits per heavy atom. The summed E-state index contributed by atoms with van der Waals surface area (Å²) >= 11 is 11.8. The van der Waals surface area contributed by atoms with Crippen LogP contribution in [0, 0.1) is 12.3 Å². The molecule has 1 N–H and O–H groups in total. The normalized spacial score (nSPS) is 11.2. The van der Waals surface area contributed by atoms with Crippen molar-refractivity contribution in [3.05, 3.63) is 17.2 Å². The van der Waals surface area contributed by atoms with Gasteiger partial charge in [0.1, 0.15) is 6.61 Å². The van der Waals surface area contributed by atoms with Crippen LogP contribution in [0.5, 0.6) is 11.5 Å². The minimum atomic E-state index is -0.686. The van der Waals surface area contributed by atoms with Crippen LogP contribution in [0.25, 0.3) is 0 Å². The van der Waals surface area contributed by atoms with Gasteiger partial charge in [0.05, 0.1) is 17.5 Å². The molecule has 0 aromatic heterocycles. The molecular formula is C15H17Cl2NO4.